The third kappa shape index (κ3) is 5.42. The number of hydrogen-bond acceptors (Lipinski definition) is 4. The molecule has 1 aromatic carbocycles. The lowest BCUT2D eigenvalue weighted by molar-refractivity contribution is -0.115. The maximum atomic E-state index is 12.2. The number of anilines is 1. The van der Waals surface area contributed by atoms with Gasteiger partial charge in [-0.15, -0.1) is 11.3 Å². The standard InChI is InChI=1S/C20H25N3OS/c1-4-5-15-6-8-16(9-7-15)19(14(2)3)22-13-18(24)23-20-17(12-21)10-11-25-20/h6-11,14,19,22H,4-5,13H2,1-3H3,(H,23,24). The molecule has 1 aromatic heterocycles. The summed E-state index contributed by atoms with van der Waals surface area (Å²) in [4.78, 5) is 12.2. The van der Waals surface area contributed by atoms with E-state index in [0.29, 0.717) is 16.5 Å². The van der Waals surface area contributed by atoms with E-state index in [0.717, 1.165) is 12.8 Å². The van der Waals surface area contributed by atoms with E-state index in [1.165, 1.54) is 22.5 Å². The summed E-state index contributed by atoms with van der Waals surface area (Å²) < 4.78 is 0. The molecule has 2 rings (SSSR count). The molecule has 1 unspecified atom stereocenters. The van der Waals surface area contributed by atoms with Crippen LogP contribution >= 0.6 is 11.3 Å². The Morgan fingerprint density at radius 3 is 2.56 bits per heavy atom. The quantitative estimate of drug-likeness (QED) is 0.733. The van der Waals surface area contributed by atoms with Crippen LogP contribution in [0.5, 0.6) is 0 Å². The Labute approximate surface area is 153 Å². The van der Waals surface area contributed by atoms with Gasteiger partial charge in [0.1, 0.15) is 11.1 Å². The molecular weight excluding hydrogens is 330 g/mol. The summed E-state index contributed by atoms with van der Waals surface area (Å²) in [5, 5.41) is 17.6. The average molecular weight is 356 g/mol. The lowest BCUT2D eigenvalue weighted by atomic mass is 9.94. The highest BCUT2D eigenvalue weighted by Gasteiger charge is 2.17. The van der Waals surface area contributed by atoms with Crippen molar-refractivity contribution in [2.45, 2.75) is 39.7 Å². The van der Waals surface area contributed by atoms with E-state index in [-0.39, 0.29) is 18.5 Å². The van der Waals surface area contributed by atoms with E-state index in [4.69, 9.17) is 5.26 Å². The summed E-state index contributed by atoms with van der Waals surface area (Å²) in [6.07, 6.45) is 2.23. The summed E-state index contributed by atoms with van der Waals surface area (Å²) in [5.74, 6) is 0.230. The Balaban J connectivity index is 1.97. The van der Waals surface area contributed by atoms with Gasteiger partial charge >= 0.3 is 0 Å². The first-order valence-corrected chi connectivity index (χ1v) is 9.52. The van der Waals surface area contributed by atoms with Gasteiger partial charge in [0.2, 0.25) is 5.91 Å². The molecule has 4 nitrogen and oxygen atoms in total. The molecule has 0 bridgehead atoms. The van der Waals surface area contributed by atoms with Gasteiger partial charge in [0.05, 0.1) is 12.1 Å². The number of rotatable bonds is 8. The number of carbonyl (C=O) groups excluding carboxylic acids is 1. The largest absolute Gasteiger partial charge is 0.315 e. The van der Waals surface area contributed by atoms with Crippen molar-refractivity contribution in [3.8, 4) is 6.07 Å². The minimum atomic E-state index is -0.132. The van der Waals surface area contributed by atoms with Gasteiger partial charge in [0.15, 0.2) is 0 Å². The Kier molecular flexibility index (Phi) is 7.17. The molecule has 132 valence electrons. The highest BCUT2D eigenvalue weighted by atomic mass is 32.1. The zero-order valence-corrected chi connectivity index (χ0v) is 15.8. The van der Waals surface area contributed by atoms with Crippen molar-refractivity contribution in [3.63, 3.8) is 0 Å². The molecule has 0 spiro atoms. The van der Waals surface area contributed by atoms with Crippen LogP contribution in [0.2, 0.25) is 0 Å². The lowest BCUT2D eigenvalue weighted by Crippen LogP contribution is -2.33. The van der Waals surface area contributed by atoms with Gasteiger partial charge < -0.3 is 10.6 Å². The molecule has 5 heteroatoms. The number of hydrogen-bond donors (Lipinski definition) is 2. The highest BCUT2D eigenvalue weighted by molar-refractivity contribution is 7.14. The minimum Gasteiger partial charge on any atom is -0.315 e. The van der Waals surface area contributed by atoms with Crippen molar-refractivity contribution < 1.29 is 4.79 Å². The number of nitriles is 1. The second kappa shape index (κ2) is 9.36. The summed E-state index contributed by atoms with van der Waals surface area (Å²) in [6.45, 7) is 6.67. The second-order valence-corrected chi connectivity index (χ2v) is 7.33. The van der Waals surface area contributed by atoms with Gasteiger partial charge in [-0.25, -0.2) is 0 Å². The fraction of sp³-hybridized carbons (Fsp3) is 0.400. The fourth-order valence-electron chi connectivity index (χ4n) is 2.79. The first kappa shape index (κ1) is 19.2. The van der Waals surface area contributed by atoms with E-state index in [9.17, 15) is 4.79 Å². The van der Waals surface area contributed by atoms with Gasteiger partial charge in [0, 0.05) is 6.04 Å². The second-order valence-electron chi connectivity index (χ2n) is 6.42. The molecule has 0 radical (unpaired) electrons. The Hall–Kier alpha value is -2.16. The van der Waals surface area contributed by atoms with Crippen LogP contribution in [0.3, 0.4) is 0 Å². The molecular formula is C20H25N3OS. The summed E-state index contributed by atoms with van der Waals surface area (Å²) in [7, 11) is 0. The number of carbonyl (C=O) groups is 1. The van der Waals surface area contributed by atoms with Crippen molar-refractivity contribution in [1.82, 2.24) is 5.32 Å². The maximum absolute atomic E-state index is 12.2. The van der Waals surface area contributed by atoms with Crippen LogP contribution in [-0.4, -0.2) is 12.5 Å². The third-order valence-electron chi connectivity index (χ3n) is 4.07. The Bertz CT molecular complexity index is 728. The van der Waals surface area contributed by atoms with Gasteiger partial charge in [-0.3, -0.25) is 4.79 Å². The third-order valence-corrected chi connectivity index (χ3v) is 4.90. The van der Waals surface area contributed by atoms with Crippen molar-refractivity contribution >= 4 is 22.2 Å². The van der Waals surface area contributed by atoms with Crippen molar-refractivity contribution in [2.24, 2.45) is 5.92 Å². The van der Waals surface area contributed by atoms with Gasteiger partial charge in [-0.2, -0.15) is 5.26 Å². The first-order chi connectivity index (χ1) is 12.0. The van der Waals surface area contributed by atoms with Crippen LogP contribution in [0, 0.1) is 17.2 Å². The number of aryl methyl sites for hydroxylation is 1. The van der Waals surface area contributed by atoms with Crippen LogP contribution < -0.4 is 10.6 Å². The Morgan fingerprint density at radius 1 is 1.24 bits per heavy atom. The van der Waals surface area contributed by atoms with Crippen molar-refractivity contribution in [1.29, 1.82) is 5.26 Å². The van der Waals surface area contributed by atoms with E-state index in [1.807, 2.05) is 0 Å². The summed E-state index contributed by atoms with van der Waals surface area (Å²) in [5.41, 5.74) is 3.04. The zero-order valence-electron chi connectivity index (χ0n) is 15.0. The topological polar surface area (TPSA) is 64.9 Å². The number of thiophene rings is 1. The van der Waals surface area contributed by atoms with Crippen molar-refractivity contribution in [3.05, 3.63) is 52.4 Å². The maximum Gasteiger partial charge on any atom is 0.238 e. The predicted octanol–water partition coefficient (Wildman–Crippen LogP) is 4.50. The van der Waals surface area contributed by atoms with Crippen molar-refractivity contribution in [2.75, 3.05) is 11.9 Å². The van der Waals surface area contributed by atoms with E-state index in [1.54, 1.807) is 11.4 Å². The molecule has 0 aliphatic carbocycles. The van der Waals surface area contributed by atoms with E-state index >= 15 is 0 Å². The first-order valence-electron chi connectivity index (χ1n) is 8.64. The average Bonchev–Trinajstić information content (AvgIpc) is 3.03. The molecule has 1 atom stereocenters. The normalized spacial score (nSPS) is 12.0. The molecule has 0 fully saturated rings. The molecule has 0 saturated heterocycles. The molecule has 25 heavy (non-hydrogen) atoms. The molecule has 1 heterocycles. The minimum absolute atomic E-state index is 0.111. The summed E-state index contributed by atoms with van der Waals surface area (Å²) in [6, 6.07) is 12.5. The van der Waals surface area contributed by atoms with Crippen LogP contribution in [0.25, 0.3) is 0 Å². The van der Waals surface area contributed by atoms with Gasteiger partial charge in [0.25, 0.3) is 0 Å². The zero-order chi connectivity index (χ0) is 18.2. The lowest BCUT2D eigenvalue weighted by Gasteiger charge is -2.23. The number of nitrogens with zero attached hydrogens (tertiary/aromatic N) is 1. The highest BCUT2D eigenvalue weighted by Crippen LogP contribution is 2.23. The molecule has 0 aliphatic rings. The van der Waals surface area contributed by atoms with Gasteiger partial charge in [-0.1, -0.05) is 51.5 Å². The molecule has 0 aliphatic heterocycles. The van der Waals surface area contributed by atoms with E-state index in [2.05, 4.69) is 61.7 Å². The number of benzene rings is 1. The SMILES string of the molecule is CCCc1ccc(C(NCC(=O)Nc2sccc2C#N)C(C)C)cc1. The monoisotopic (exact) mass is 355 g/mol. The predicted molar refractivity (Wildman–Crippen MR) is 104 cm³/mol. The van der Waals surface area contributed by atoms with Crippen LogP contribution in [0.4, 0.5) is 5.00 Å². The molecule has 2 aromatic rings. The van der Waals surface area contributed by atoms with Crippen LogP contribution in [0.15, 0.2) is 35.7 Å². The van der Waals surface area contributed by atoms with Crippen LogP contribution in [0.1, 0.15) is 49.9 Å². The Morgan fingerprint density at radius 2 is 1.96 bits per heavy atom. The summed E-state index contributed by atoms with van der Waals surface area (Å²) >= 11 is 1.36. The fourth-order valence-corrected chi connectivity index (χ4v) is 3.54. The smallest absolute Gasteiger partial charge is 0.238 e. The van der Waals surface area contributed by atoms with E-state index < -0.39 is 0 Å². The number of amides is 1. The molecule has 0 saturated carbocycles. The van der Waals surface area contributed by atoms with Gasteiger partial charge in [-0.05, 0) is 34.9 Å². The molecule has 2 N–H and O–H groups in total. The number of nitrogens with one attached hydrogen (secondary N) is 2. The van der Waals surface area contributed by atoms with Crippen LogP contribution in [-0.2, 0) is 11.2 Å². The molecule has 1 amide bonds.